The SMILES string of the molecule is COc1ncc(C2(C(C)N)CC2)cc1C. The Kier molecular flexibility index (Phi) is 2.43. The minimum absolute atomic E-state index is 0.185. The van der Waals surface area contributed by atoms with E-state index >= 15 is 0 Å². The van der Waals surface area contributed by atoms with Crippen LogP contribution in [0.15, 0.2) is 12.3 Å². The lowest BCUT2D eigenvalue weighted by Crippen LogP contribution is -2.31. The van der Waals surface area contributed by atoms with Crippen molar-refractivity contribution in [1.29, 1.82) is 0 Å². The fraction of sp³-hybridized carbons (Fsp3) is 0.583. The number of aromatic nitrogens is 1. The van der Waals surface area contributed by atoms with Crippen LogP contribution in [-0.2, 0) is 5.41 Å². The van der Waals surface area contributed by atoms with Gasteiger partial charge in [0.2, 0.25) is 5.88 Å². The maximum atomic E-state index is 6.03. The van der Waals surface area contributed by atoms with Gasteiger partial charge in [0, 0.05) is 23.2 Å². The summed E-state index contributed by atoms with van der Waals surface area (Å²) in [7, 11) is 1.65. The van der Waals surface area contributed by atoms with Crippen molar-refractivity contribution in [1.82, 2.24) is 4.98 Å². The van der Waals surface area contributed by atoms with E-state index in [2.05, 4.69) is 18.0 Å². The fourth-order valence-corrected chi connectivity index (χ4v) is 2.19. The summed E-state index contributed by atoms with van der Waals surface area (Å²) in [5.41, 5.74) is 8.56. The lowest BCUT2D eigenvalue weighted by atomic mass is 9.90. The highest BCUT2D eigenvalue weighted by atomic mass is 16.5. The standard InChI is InChI=1S/C12H18N2O/c1-8-6-10(7-14-11(8)15-3)12(4-5-12)9(2)13/h6-7,9H,4-5,13H2,1-3H3. The maximum Gasteiger partial charge on any atom is 0.215 e. The Morgan fingerprint density at radius 3 is 2.60 bits per heavy atom. The number of nitrogens with zero attached hydrogens (tertiary/aromatic N) is 1. The highest BCUT2D eigenvalue weighted by molar-refractivity contribution is 5.37. The van der Waals surface area contributed by atoms with Crippen molar-refractivity contribution in [3.8, 4) is 5.88 Å². The zero-order valence-corrected chi connectivity index (χ0v) is 9.58. The molecule has 0 bridgehead atoms. The van der Waals surface area contributed by atoms with Gasteiger partial charge in [0.1, 0.15) is 0 Å². The van der Waals surface area contributed by atoms with Crippen LogP contribution in [0.1, 0.15) is 30.9 Å². The van der Waals surface area contributed by atoms with Crippen LogP contribution in [0.3, 0.4) is 0 Å². The van der Waals surface area contributed by atoms with Gasteiger partial charge in [-0.2, -0.15) is 0 Å². The fourth-order valence-electron chi connectivity index (χ4n) is 2.19. The van der Waals surface area contributed by atoms with E-state index in [1.165, 1.54) is 18.4 Å². The molecule has 1 aliphatic carbocycles. The average Bonchev–Trinajstić information content (AvgIpc) is 2.98. The second kappa shape index (κ2) is 3.49. The molecule has 1 atom stereocenters. The first-order valence-corrected chi connectivity index (χ1v) is 5.37. The van der Waals surface area contributed by atoms with Gasteiger partial charge in [0.05, 0.1) is 7.11 Å². The summed E-state index contributed by atoms with van der Waals surface area (Å²) in [5.74, 6) is 0.708. The van der Waals surface area contributed by atoms with Gasteiger partial charge in [0.25, 0.3) is 0 Å². The van der Waals surface area contributed by atoms with E-state index in [1.807, 2.05) is 13.1 Å². The van der Waals surface area contributed by atoms with Gasteiger partial charge in [-0.15, -0.1) is 0 Å². The molecule has 1 heterocycles. The summed E-state index contributed by atoms with van der Waals surface area (Å²) in [4.78, 5) is 4.31. The highest BCUT2D eigenvalue weighted by Crippen LogP contribution is 2.50. The van der Waals surface area contributed by atoms with Gasteiger partial charge >= 0.3 is 0 Å². The number of rotatable bonds is 3. The Balaban J connectivity index is 2.35. The number of pyridine rings is 1. The Labute approximate surface area is 90.7 Å². The monoisotopic (exact) mass is 206 g/mol. The van der Waals surface area contributed by atoms with Gasteiger partial charge < -0.3 is 10.5 Å². The molecule has 1 fully saturated rings. The minimum Gasteiger partial charge on any atom is -0.481 e. The Morgan fingerprint density at radius 2 is 2.20 bits per heavy atom. The highest BCUT2D eigenvalue weighted by Gasteiger charge is 2.47. The van der Waals surface area contributed by atoms with E-state index in [0.717, 1.165) is 5.56 Å². The number of hydrogen-bond donors (Lipinski definition) is 1. The molecule has 3 heteroatoms. The second-order valence-corrected chi connectivity index (χ2v) is 4.49. The van der Waals surface area contributed by atoms with Crippen LogP contribution >= 0.6 is 0 Å². The van der Waals surface area contributed by atoms with E-state index < -0.39 is 0 Å². The molecule has 1 aromatic heterocycles. The molecule has 0 radical (unpaired) electrons. The van der Waals surface area contributed by atoms with Gasteiger partial charge in [-0.25, -0.2) is 4.98 Å². The van der Waals surface area contributed by atoms with Gasteiger partial charge in [0.15, 0.2) is 0 Å². The van der Waals surface area contributed by atoms with Crippen LogP contribution in [0, 0.1) is 6.92 Å². The Bertz CT molecular complexity index is 370. The number of hydrogen-bond acceptors (Lipinski definition) is 3. The van der Waals surface area contributed by atoms with Crippen LogP contribution < -0.4 is 10.5 Å². The van der Waals surface area contributed by atoms with Crippen molar-refractivity contribution >= 4 is 0 Å². The zero-order chi connectivity index (χ0) is 11.1. The van der Waals surface area contributed by atoms with Crippen molar-refractivity contribution in [2.24, 2.45) is 5.73 Å². The van der Waals surface area contributed by atoms with Crippen LogP contribution in [0.5, 0.6) is 5.88 Å². The van der Waals surface area contributed by atoms with Crippen LogP contribution in [-0.4, -0.2) is 18.1 Å². The van der Waals surface area contributed by atoms with Crippen LogP contribution in [0.4, 0.5) is 0 Å². The minimum atomic E-state index is 0.185. The van der Waals surface area contributed by atoms with Crippen LogP contribution in [0.25, 0.3) is 0 Å². The molecule has 0 amide bonds. The third-order valence-corrected chi connectivity index (χ3v) is 3.46. The molecule has 0 aliphatic heterocycles. The third kappa shape index (κ3) is 1.61. The largest absolute Gasteiger partial charge is 0.481 e. The smallest absolute Gasteiger partial charge is 0.215 e. The summed E-state index contributed by atoms with van der Waals surface area (Å²) < 4.78 is 5.15. The molecule has 2 N–H and O–H groups in total. The summed E-state index contributed by atoms with van der Waals surface area (Å²) in [5, 5.41) is 0. The van der Waals surface area contributed by atoms with Crippen molar-refractivity contribution in [3.05, 3.63) is 23.4 Å². The van der Waals surface area contributed by atoms with E-state index in [4.69, 9.17) is 10.5 Å². The van der Waals surface area contributed by atoms with Crippen LogP contribution in [0.2, 0.25) is 0 Å². The molecule has 1 aliphatic rings. The van der Waals surface area contributed by atoms with Gasteiger partial charge in [-0.05, 0) is 38.3 Å². The van der Waals surface area contributed by atoms with Gasteiger partial charge in [-0.1, -0.05) is 0 Å². The van der Waals surface area contributed by atoms with Crippen molar-refractivity contribution in [2.75, 3.05) is 7.11 Å². The number of ether oxygens (including phenoxy) is 1. The first kappa shape index (κ1) is 10.4. The number of methoxy groups -OCH3 is 1. The molecule has 3 nitrogen and oxygen atoms in total. The van der Waals surface area contributed by atoms with Gasteiger partial charge in [-0.3, -0.25) is 0 Å². The summed E-state index contributed by atoms with van der Waals surface area (Å²) in [6.45, 7) is 4.10. The lowest BCUT2D eigenvalue weighted by molar-refractivity contribution is 0.393. The number of nitrogens with two attached hydrogens (primary N) is 1. The lowest BCUT2D eigenvalue weighted by Gasteiger charge is -2.20. The van der Waals surface area contributed by atoms with Crippen molar-refractivity contribution in [3.63, 3.8) is 0 Å². The first-order chi connectivity index (χ1) is 7.10. The molecule has 82 valence electrons. The topological polar surface area (TPSA) is 48.1 Å². The molecule has 1 unspecified atom stereocenters. The van der Waals surface area contributed by atoms with E-state index in [-0.39, 0.29) is 11.5 Å². The molecule has 1 aromatic rings. The second-order valence-electron chi connectivity index (χ2n) is 4.49. The quantitative estimate of drug-likeness (QED) is 0.820. The molecular formula is C12H18N2O. The first-order valence-electron chi connectivity index (χ1n) is 5.37. The molecule has 2 rings (SSSR count). The molecule has 0 spiro atoms. The number of aryl methyl sites for hydroxylation is 1. The maximum absolute atomic E-state index is 6.03. The average molecular weight is 206 g/mol. The van der Waals surface area contributed by atoms with Crippen molar-refractivity contribution < 1.29 is 4.74 Å². The molecule has 0 aromatic carbocycles. The molecular weight excluding hydrogens is 188 g/mol. The summed E-state index contributed by atoms with van der Waals surface area (Å²) in [6.07, 6.45) is 4.26. The third-order valence-electron chi connectivity index (χ3n) is 3.46. The Morgan fingerprint density at radius 1 is 1.53 bits per heavy atom. The molecule has 15 heavy (non-hydrogen) atoms. The van der Waals surface area contributed by atoms with E-state index in [9.17, 15) is 0 Å². The van der Waals surface area contributed by atoms with Crippen molar-refractivity contribution in [2.45, 2.75) is 38.1 Å². The Hall–Kier alpha value is -1.09. The molecule has 0 saturated heterocycles. The predicted octanol–water partition coefficient (Wildman–Crippen LogP) is 1.78. The predicted molar refractivity (Wildman–Crippen MR) is 60.1 cm³/mol. The summed E-state index contributed by atoms with van der Waals surface area (Å²) in [6, 6.07) is 2.36. The normalized spacial score (nSPS) is 19.7. The van der Waals surface area contributed by atoms with E-state index in [0.29, 0.717) is 5.88 Å². The van der Waals surface area contributed by atoms with E-state index in [1.54, 1.807) is 7.11 Å². The summed E-state index contributed by atoms with van der Waals surface area (Å²) >= 11 is 0. The zero-order valence-electron chi connectivity index (χ0n) is 9.58. The molecule has 1 saturated carbocycles.